The van der Waals surface area contributed by atoms with E-state index in [-0.39, 0.29) is 10.9 Å². The van der Waals surface area contributed by atoms with Gasteiger partial charge >= 0.3 is 12.1 Å². The van der Waals surface area contributed by atoms with Crippen LogP contribution in [0.15, 0.2) is 0 Å². The molecule has 1 aliphatic heterocycles. The minimum Gasteiger partial charge on any atom is -0.467 e. The Labute approximate surface area is 147 Å². The third-order valence-corrected chi connectivity index (χ3v) is 7.92. The molecule has 1 saturated heterocycles. The summed E-state index contributed by atoms with van der Waals surface area (Å²) >= 11 is 0. The van der Waals surface area contributed by atoms with Crippen LogP contribution >= 0.6 is 10.3 Å². The van der Waals surface area contributed by atoms with Crippen LogP contribution in [0.4, 0.5) is 4.79 Å². The third kappa shape index (κ3) is 5.28. The van der Waals surface area contributed by atoms with Gasteiger partial charge in [-0.05, 0) is 33.3 Å². The second-order valence-corrected chi connectivity index (χ2v) is 12.4. The molecule has 2 atom stereocenters. The molecule has 1 rings (SSSR count). The van der Waals surface area contributed by atoms with Gasteiger partial charge in [-0.1, -0.05) is 20.8 Å². The van der Waals surface area contributed by atoms with Gasteiger partial charge in [0.1, 0.15) is 11.6 Å². The number of esters is 1. The van der Waals surface area contributed by atoms with Crippen molar-refractivity contribution in [2.24, 2.45) is 0 Å². The standard InChI is InChI=1S/C17H33NO5S/c1-16(2,3)22-15(20)18-11-12(10-13(18)14(19)21-7)23-24(8,9)17(4,5)6/h12-13H,10-11H2,1-9H3. The Morgan fingerprint density at radius 2 is 1.62 bits per heavy atom. The number of ether oxygens (including phenoxy) is 2. The summed E-state index contributed by atoms with van der Waals surface area (Å²) in [5.41, 5.74) is -0.618. The minimum atomic E-state index is -1.35. The summed E-state index contributed by atoms with van der Waals surface area (Å²) < 4.78 is 16.6. The maximum atomic E-state index is 12.4. The molecule has 1 heterocycles. The topological polar surface area (TPSA) is 65.1 Å². The second-order valence-electron chi connectivity index (χ2n) is 8.47. The van der Waals surface area contributed by atoms with E-state index in [1.165, 1.54) is 12.0 Å². The van der Waals surface area contributed by atoms with Gasteiger partial charge in [0.15, 0.2) is 0 Å². The van der Waals surface area contributed by atoms with Gasteiger partial charge in [-0.3, -0.25) is 4.90 Å². The molecule has 1 amide bonds. The van der Waals surface area contributed by atoms with Crippen molar-refractivity contribution in [3.8, 4) is 0 Å². The van der Waals surface area contributed by atoms with Crippen molar-refractivity contribution in [1.29, 1.82) is 0 Å². The van der Waals surface area contributed by atoms with E-state index in [1.807, 2.05) is 0 Å². The zero-order valence-corrected chi connectivity index (χ0v) is 17.3. The molecular weight excluding hydrogens is 330 g/mol. The van der Waals surface area contributed by atoms with E-state index in [0.717, 1.165) is 0 Å². The quantitative estimate of drug-likeness (QED) is 0.720. The van der Waals surface area contributed by atoms with Crippen LogP contribution < -0.4 is 0 Å². The molecule has 0 spiro atoms. The number of rotatable bonds is 3. The van der Waals surface area contributed by atoms with Crippen LogP contribution in [0.5, 0.6) is 0 Å². The molecule has 1 fully saturated rings. The molecule has 2 unspecified atom stereocenters. The van der Waals surface area contributed by atoms with Crippen LogP contribution in [0.25, 0.3) is 0 Å². The average molecular weight is 364 g/mol. The largest absolute Gasteiger partial charge is 0.467 e. The Morgan fingerprint density at radius 3 is 2.04 bits per heavy atom. The lowest BCUT2D eigenvalue weighted by Gasteiger charge is -2.45. The first kappa shape index (κ1) is 21.1. The molecule has 0 radical (unpaired) electrons. The first-order chi connectivity index (χ1) is 10.7. The predicted octanol–water partition coefficient (Wildman–Crippen LogP) is 3.33. The Hall–Kier alpha value is -0.950. The second kappa shape index (κ2) is 7.12. The SMILES string of the molecule is COC(=O)C1CC(OS(C)(C)C(C)(C)C)CN1C(=O)OC(C)(C)C. The van der Waals surface area contributed by atoms with Crippen LogP contribution in [0.1, 0.15) is 48.0 Å². The highest BCUT2D eigenvalue weighted by Gasteiger charge is 2.45. The van der Waals surface area contributed by atoms with E-state index in [9.17, 15) is 9.59 Å². The monoisotopic (exact) mass is 363 g/mol. The van der Waals surface area contributed by atoms with E-state index in [1.54, 1.807) is 20.8 Å². The van der Waals surface area contributed by atoms with E-state index in [2.05, 4.69) is 33.3 Å². The zero-order chi connectivity index (χ0) is 18.9. The van der Waals surface area contributed by atoms with Crippen molar-refractivity contribution in [3.63, 3.8) is 0 Å². The maximum Gasteiger partial charge on any atom is 0.411 e. The molecular formula is C17H33NO5S. The fourth-order valence-electron chi connectivity index (χ4n) is 2.23. The number of carbonyl (C=O) groups excluding carboxylic acids is 2. The van der Waals surface area contributed by atoms with Crippen molar-refractivity contribution in [3.05, 3.63) is 0 Å². The summed E-state index contributed by atoms with van der Waals surface area (Å²) in [5, 5.41) is 0. The number of likely N-dealkylation sites (tertiary alicyclic amines) is 1. The van der Waals surface area contributed by atoms with Crippen LogP contribution in [0.3, 0.4) is 0 Å². The van der Waals surface area contributed by atoms with E-state index in [4.69, 9.17) is 13.7 Å². The summed E-state index contributed by atoms with van der Waals surface area (Å²) in [6.07, 6.45) is 3.93. The number of amides is 1. The third-order valence-electron chi connectivity index (χ3n) is 4.22. The molecule has 0 bridgehead atoms. The summed E-state index contributed by atoms with van der Waals surface area (Å²) in [5.74, 6) is -0.435. The molecule has 0 aromatic heterocycles. The molecule has 142 valence electrons. The summed E-state index contributed by atoms with van der Waals surface area (Å²) in [6.45, 7) is 12.2. The first-order valence-electron chi connectivity index (χ1n) is 8.16. The van der Waals surface area contributed by atoms with Crippen LogP contribution in [-0.2, 0) is 18.5 Å². The smallest absolute Gasteiger partial charge is 0.411 e. The minimum absolute atomic E-state index is 0.00704. The molecule has 6 nitrogen and oxygen atoms in total. The Morgan fingerprint density at radius 1 is 1.08 bits per heavy atom. The molecule has 7 heteroatoms. The normalized spacial score (nSPS) is 23.1. The fraction of sp³-hybridized carbons (Fsp3) is 0.882. The van der Waals surface area contributed by atoms with Gasteiger partial charge < -0.3 is 13.7 Å². The van der Waals surface area contributed by atoms with E-state index < -0.39 is 34.0 Å². The lowest BCUT2D eigenvalue weighted by atomic mass is 10.2. The van der Waals surface area contributed by atoms with Gasteiger partial charge in [-0.2, -0.15) is 0 Å². The highest BCUT2D eigenvalue weighted by Crippen LogP contribution is 2.55. The molecule has 24 heavy (non-hydrogen) atoms. The molecule has 0 saturated carbocycles. The van der Waals surface area contributed by atoms with Crippen LogP contribution in [0, 0.1) is 0 Å². The molecule has 0 aliphatic carbocycles. The van der Waals surface area contributed by atoms with Gasteiger partial charge in [0, 0.05) is 11.2 Å². The lowest BCUT2D eigenvalue weighted by Crippen LogP contribution is -2.44. The highest BCUT2D eigenvalue weighted by molar-refractivity contribution is 8.29. The van der Waals surface area contributed by atoms with Gasteiger partial charge in [0.05, 0.1) is 19.8 Å². The van der Waals surface area contributed by atoms with Gasteiger partial charge in [0.2, 0.25) is 0 Å². The molecule has 0 aromatic rings. The van der Waals surface area contributed by atoms with Crippen molar-refractivity contribution in [2.75, 3.05) is 26.2 Å². The number of methoxy groups -OCH3 is 1. The molecule has 0 N–H and O–H groups in total. The van der Waals surface area contributed by atoms with Gasteiger partial charge in [0.25, 0.3) is 0 Å². The Balaban J connectivity index is 2.92. The van der Waals surface area contributed by atoms with Crippen molar-refractivity contribution in [2.45, 2.75) is 70.5 Å². The molecule has 0 aromatic carbocycles. The van der Waals surface area contributed by atoms with E-state index >= 15 is 0 Å². The average Bonchev–Trinajstić information content (AvgIpc) is 2.77. The highest BCUT2D eigenvalue weighted by atomic mass is 32.3. The van der Waals surface area contributed by atoms with Gasteiger partial charge in [-0.25, -0.2) is 9.59 Å². The van der Waals surface area contributed by atoms with Crippen molar-refractivity contribution in [1.82, 2.24) is 4.90 Å². The summed E-state index contributed by atoms with van der Waals surface area (Å²) in [6, 6.07) is -0.662. The number of nitrogens with zero attached hydrogens (tertiary/aromatic N) is 1. The first-order valence-corrected chi connectivity index (χ1v) is 10.5. The number of carbonyl (C=O) groups is 2. The summed E-state index contributed by atoms with van der Waals surface area (Å²) in [7, 11) is -0.0246. The summed E-state index contributed by atoms with van der Waals surface area (Å²) in [4.78, 5) is 26.0. The number of hydrogen-bond donors (Lipinski definition) is 0. The molecule has 1 aliphatic rings. The Kier molecular flexibility index (Phi) is 6.26. The fourth-order valence-corrected chi connectivity index (χ4v) is 3.34. The Bertz CT molecular complexity index is 478. The number of hydrogen-bond acceptors (Lipinski definition) is 5. The lowest BCUT2D eigenvalue weighted by molar-refractivity contribution is -0.145. The van der Waals surface area contributed by atoms with Crippen LogP contribution in [0.2, 0.25) is 0 Å². The van der Waals surface area contributed by atoms with Crippen molar-refractivity contribution < 1.29 is 23.2 Å². The maximum absolute atomic E-state index is 12.4. The zero-order valence-electron chi connectivity index (χ0n) is 16.5. The predicted molar refractivity (Wildman–Crippen MR) is 97.4 cm³/mol. The van der Waals surface area contributed by atoms with E-state index in [0.29, 0.717) is 13.0 Å². The van der Waals surface area contributed by atoms with Gasteiger partial charge in [-0.15, -0.1) is 10.3 Å². The van der Waals surface area contributed by atoms with Crippen LogP contribution in [-0.4, -0.2) is 65.6 Å². The van der Waals surface area contributed by atoms with Crippen molar-refractivity contribution >= 4 is 22.4 Å².